The molecule has 2 aromatic carbocycles. The highest BCUT2D eigenvalue weighted by molar-refractivity contribution is 6.47. The van der Waals surface area contributed by atoms with E-state index in [0.29, 0.717) is 49.3 Å². The number of aliphatic imine (C=N–C) groups is 1. The molecule has 11 heteroatoms. The van der Waals surface area contributed by atoms with Gasteiger partial charge >= 0.3 is 0 Å². The highest BCUT2D eigenvalue weighted by Crippen LogP contribution is 2.37. The molecule has 3 aliphatic rings. The Morgan fingerprint density at radius 2 is 1.95 bits per heavy atom. The maximum absolute atomic E-state index is 13.8. The van der Waals surface area contributed by atoms with E-state index in [1.807, 2.05) is 49.4 Å². The third-order valence-corrected chi connectivity index (χ3v) is 7.76. The van der Waals surface area contributed by atoms with E-state index in [0.717, 1.165) is 22.5 Å². The lowest BCUT2D eigenvalue weighted by molar-refractivity contribution is -0.112. The summed E-state index contributed by atoms with van der Waals surface area (Å²) in [6.45, 7) is 4.32. The number of guanidine groups is 1. The Morgan fingerprint density at radius 3 is 2.73 bits per heavy atom. The van der Waals surface area contributed by atoms with Gasteiger partial charge in [-0.3, -0.25) is 9.59 Å². The highest BCUT2D eigenvalue weighted by atomic mass is 19.1. The van der Waals surface area contributed by atoms with Crippen LogP contribution in [0.3, 0.4) is 0 Å². The Bertz CT molecular complexity index is 1570. The number of carbonyl (C=O) groups excluding carboxylic acids is 2. The quantitative estimate of drug-likeness (QED) is 0.366. The van der Waals surface area contributed by atoms with Gasteiger partial charge in [0.15, 0.2) is 5.83 Å². The molecule has 0 spiro atoms. The largest absolute Gasteiger partial charge is 0.489 e. The molecule has 0 bridgehead atoms. The lowest BCUT2D eigenvalue weighted by atomic mass is 10.0. The van der Waals surface area contributed by atoms with Crippen LogP contribution >= 0.6 is 0 Å². The van der Waals surface area contributed by atoms with Gasteiger partial charge in [0.1, 0.15) is 18.1 Å². The van der Waals surface area contributed by atoms with Crippen LogP contribution in [0.2, 0.25) is 0 Å². The molecule has 1 fully saturated rings. The van der Waals surface area contributed by atoms with E-state index in [1.54, 1.807) is 23.7 Å². The number of hydrogen-bond donors (Lipinski definition) is 2. The van der Waals surface area contributed by atoms with Crippen molar-refractivity contribution in [1.82, 2.24) is 14.8 Å². The number of anilines is 2. The standard InChI is InChI=1S/C30H31FN6O4/c1-18-13-22(19-7-5-4-6-8-19)26(35(18)2)27(38)28(39)33-20-9-10-24-25(14-20)41-17-21-16-36(11-12-37(21)24)30-32-15-23(31)29(34-30)40-3/h4-10,13-15,21,29H,11-12,16-17H2,1-3H3,(H,32,34)(H,33,39). The molecule has 3 aromatic rings. The van der Waals surface area contributed by atoms with Crippen LogP contribution in [0.1, 0.15) is 16.2 Å². The second-order valence-electron chi connectivity index (χ2n) is 10.3. The zero-order valence-electron chi connectivity index (χ0n) is 23.1. The van der Waals surface area contributed by atoms with Gasteiger partial charge < -0.3 is 34.5 Å². The first-order valence-corrected chi connectivity index (χ1v) is 13.4. The van der Waals surface area contributed by atoms with Gasteiger partial charge in [0.05, 0.1) is 11.7 Å². The Morgan fingerprint density at radius 1 is 1.15 bits per heavy atom. The van der Waals surface area contributed by atoms with Crippen molar-refractivity contribution in [2.45, 2.75) is 19.2 Å². The minimum atomic E-state index is -0.941. The van der Waals surface area contributed by atoms with E-state index in [-0.39, 0.29) is 6.04 Å². The number of piperazine rings is 1. The Hall–Kier alpha value is -4.64. The van der Waals surface area contributed by atoms with E-state index < -0.39 is 23.7 Å². The number of halogens is 1. The van der Waals surface area contributed by atoms with Crippen LogP contribution in [0.5, 0.6) is 5.75 Å². The SMILES string of the molecule is COC1N=C(N2CCN3c4ccc(NC(=O)C(=O)c5c(-c6ccccc6)cc(C)n5C)cc4OCC3C2)NC=C1F. The summed E-state index contributed by atoms with van der Waals surface area (Å²) in [6.07, 6.45) is 0.334. The summed E-state index contributed by atoms with van der Waals surface area (Å²) >= 11 is 0. The van der Waals surface area contributed by atoms with Crippen LogP contribution in [-0.4, -0.2) is 72.7 Å². The molecule has 0 aliphatic carbocycles. The number of nitrogens with one attached hydrogen (secondary N) is 2. The first kappa shape index (κ1) is 26.6. The van der Waals surface area contributed by atoms with Crippen molar-refractivity contribution in [3.05, 3.63) is 78.0 Å². The number of rotatable bonds is 5. The molecule has 1 saturated heterocycles. The van der Waals surface area contributed by atoms with Crippen LogP contribution < -0.4 is 20.3 Å². The zero-order chi connectivity index (χ0) is 28.7. The predicted octanol–water partition coefficient (Wildman–Crippen LogP) is 3.45. The second kappa shape index (κ2) is 10.7. The van der Waals surface area contributed by atoms with Crippen LogP contribution in [0.25, 0.3) is 11.1 Å². The van der Waals surface area contributed by atoms with Gasteiger partial charge in [-0.25, -0.2) is 9.38 Å². The average Bonchev–Trinajstić information content (AvgIpc) is 3.30. The summed E-state index contributed by atoms with van der Waals surface area (Å²) < 4.78 is 26.8. The number of methoxy groups -OCH3 is 1. The minimum absolute atomic E-state index is 0.0523. The van der Waals surface area contributed by atoms with Gasteiger partial charge in [0, 0.05) is 63.0 Å². The Balaban J connectivity index is 1.15. The Kier molecular flexibility index (Phi) is 6.96. The molecule has 4 heterocycles. The Labute approximate surface area is 237 Å². The number of Topliss-reactive ketones (excluding diaryl/α,β-unsaturated/α-hetero) is 1. The van der Waals surface area contributed by atoms with Crippen LogP contribution in [0.15, 0.2) is 71.6 Å². The van der Waals surface area contributed by atoms with Gasteiger partial charge in [0.2, 0.25) is 12.2 Å². The molecule has 0 saturated carbocycles. The number of fused-ring (bicyclic) bond motifs is 3. The van der Waals surface area contributed by atoms with E-state index in [4.69, 9.17) is 9.47 Å². The van der Waals surface area contributed by atoms with Crippen molar-refractivity contribution in [3.8, 4) is 16.9 Å². The summed E-state index contributed by atoms with van der Waals surface area (Å²) in [7, 11) is 3.21. The number of carbonyl (C=O) groups is 2. The molecule has 212 valence electrons. The molecule has 2 atom stereocenters. The monoisotopic (exact) mass is 558 g/mol. The van der Waals surface area contributed by atoms with E-state index >= 15 is 0 Å². The summed E-state index contributed by atoms with van der Waals surface area (Å²) in [6, 6.07) is 17.0. The fourth-order valence-electron chi connectivity index (χ4n) is 5.53. The normalized spacial score (nSPS) is 19.7. The molecule has 6 rings (SSSR count). The summed E-state index contributed by atoms with van der Waals surface area (Å²) in [4.78, 5) is 35.1. The maximum Gasteiger partial charge on any atom is 0.298 e. The van der Waals surface area contributed by atoms with Crippen molar-refractivity contribution >= 4 is 29.0 Å². The van der Waals surface area contributed by atoms with Gasteiger partial charge in [-0.1, -0.05) is 30.3 Å². The predicted molar refractivity (Wildman–Crippen MR) is 154 cm³/mol. The van der Waals surface area contributed by atoms with E-state index in [1.165, 1.54) is 13.3 Å². The molecule has 10 nitrogen and oxygen atoms in total. The molecule has 41 heavy (non-hydrogen) atoms. The third kappa shape index (κ3) is 4.93. The van der Waals surface area contributed by atoms with Crippen molar-refractivity contribution in [2.24, 2.45) is 12.0 Å². The van der Waals surface area contributed by atoms with Crippen molar-refractivity contribution < 1.29 is 23.5 Å². The summed E-state index contributed by atoms with van der Waals surface area (Å²) in [5, 5.41) is 5.67. The fraction of sp³-hybridized carbons (Fsp3) is 0.300. The minimum Gasteiger partial charge on any atom is -0.489 e. The summed E-state index contributed by atoms with van der Waals surface area (Å²) in [5.41, 5.74) is 4.20. The van der Waals surface area contributed by atoms with E-state index in [9.17, 15) is 14.0 Å². The number of amides is 1. The van der Waals surface area contributed by atoms with Gasteiger partial charge in [-0.15, -0.1) is 0 Å². The molecule has 2 N–H and O–H groups in total. The van der Waals surface area contributed by atoms with Crippen molar-refractivity contribution in [1.29, 1.82) is 0 Å². The van der Waals surface area contributed by atoms with Gasteiger partial charge in [-0.05, 0) is 30.7 Å². The smallest absolute Gasteiger partial charge is 0.298 e. The van der Waals surface area contributed by atoms with Gasteiger partial charge in [-0.2, -0.15) is 0 Å². The number of ether oxygens (including phenoxy) is 2. The summed E-state index contributed by atoms with van der Waals surface area (Å²) in [5.74, 6) is -0.595. The second-order valence-corrected chi connectivity index (χ2v) is 10.3. The van der Waals surface area contributed by atoms with E-state index in [2.05, 4.69) is 25.4 Å². The highest BCUT2D eigenvalue weighted by Gasteiger charge is 2.35. The molecule has 3 aliphatic heterocycles. The number of ketones is 1. The molecule has 0 radical (unpaired) electrons. The lowest BCUT2D eigenvalue weighted by Gasteiger charge is -2.46. The third-order valence-electron chi connectivity index (χ3n) is 7.76. The molecular formula is C30H31FN6O4. The number of aryl methyl sites for hydroxylation is 1. The van der Waals surface area contributed by atoms with Crippen molar-refractivity contribution in [3.63, 3.8) is 0 Å². The van der Waals surface area contributed by atoms with Crippen LogP contribution in [-0.2, 0) is 16.6 Å². The topological polar surface area (TPSA) is 100 Å². The molecule has 1 aromatic heterocycles. The average molecular weight is 559 g/mol. The molecule has 2 unspecified atom stereocenters. The molecular weight excluding hydrogens is 527 g/mol. The number of benzene rings is 2. The lowest BCUT2D eigenvalue weighted by Crippen LogP contribution is -2.60. The van der Waals surface area contributed by atoms with Crippen molar-refractivity contribution in [2.75, 3.05) is 43.6 Å². The van der Waals surface area contributed by atoms with Crippen LogP contribution in [0, 0.1) is 6.92 Å². The fourth-order valence-corrected chi connectivity index (χ4v) is 5.53. The van der Waals surface area contributed by atoms with Crippen LogP contribution in [0.4, 0.5) is 15.8 Å². The first-order valence-electron chi connectivity index (χ1n) is 13.4. The van der Waals surface area contributed by atoms with Gasteiger partial charge in [0.25, 0.3) is 11.7 Å². The molecule has 1 amide bonds. The number of nitrogens with zero attached hydrogens (tertiary/aromatic N) is 4. The number of hydrogen-bond acceptors (Lipinski definition) is 8. The zero-order valence-corrected chi connectivity index (χ0v) is 23.1. The first-order chi connectivity index (χ1) is 19.8. The maximum atomic E-state index is 13.8. The number of aromatic nitrogens is 1.